The maximum atomic E-state index is 11.5. The number of pyridine rings is 1. The Hall–Kier alpha value is -1.09. The Balaban J connectivity index is 2.59. The summed E-state index contributed by atoms with van der Waals surface area (Å²) in [6, 6.07) is 3.60. The summed E-state index contributed by atoms with van der Waals surface area (Å²) < 4.78 is 1.87. The summed E-state index contributed by atoms with van der Waals surface area (Å²) >= 11 is 0. The molecule has 0 aromatic carbocycles. The summed E-state index contributed by atoms with van der Waals surface area (Å²) in [5.74, 6) is 0. The maximum Gasteiger partial charge on any atom is 0.250 e. The highest BCUT2D eigenvalue weighted by Crippen LogP contribution is 2.10. The smallest absolute Gasteiger partial charge is 0.250 e. The van der Waals surface area contributed by atoms with Crippen LogP contribution in [-0.2, 0) is 19.5 Å². The van der Waals surface area contributed by atoms with Crippen LogP contribution in [0.4, 0.5) is 0 Å². The highest BCUT2D eigenvalue weighted by Gasteiger charge is 2.12. The summed E-state index contributed by atoms with van der Waals surface area (Å²) in [6.07, 6.45) is 0.971. The molecule has 1 aliphatic heterocycles. The van der Waals surface area contributed by atoms with E-state index < -0.39 is 0 Å². The molecule has 1 aromatic heterocycles. The van der Waals surface area contributed by atoms with E-state index in [1.54, 1.807) is 6.07 Å². The van der Waals surface area contributed by atoms with Gasteiger partial charge in [-0.1, -0.05) is 6.07 Å². The lowest BCUT2D eigenvalue weighted by atomic mass is 10.1. The average Bonchev–Trinajstić information content (AvgIpc) is 2.18. The lowest BCUT2D eigenvalue weighted by Crippen LogP contribution is -2.31. The van der Waals surface area contributed by atoms with Gasteiger partial charge in [-0.2, -0.15) is 0 Å². The van der Waals surface area contributed by atoms with Crippen LogP contribution in [0.3, 0.4) is 0 Å². The van der Waals surface area contributed by atoms with Crippen molar-refractivity contribution in [2.24, 2.45) is 0 Å². The van der Waals surface area contributed by atoms with E-state index in [4.69, 9.17) is 0 Å². The number of rotatable bonds is 1. The summed E-state index contributed by atoms with van der Waals surface area (Å²) in [5.41, 5.74) is 2.62. The van der Waals surface area contributed by atoms with Crippen molar-refractivity contribution in [3.63, 3.8) is 0 Å². The van der Waals surface area contributed by atoms with Gasteiger partial charge in [0.1, 0.15) is 0 Å². The number of fused-ring (bicyclic) bond motifs is 1. The lowest BCUT2D eigenvalue weighted by molar-refractivity contribution is 0.574. The zero-order valence-electron chi connectivity index (χ0n) is 7.84. The SMILES string of the molecule is CCn1c2c(ccc1=O)CNCC2. The van der Waals surface area contributed by atoms with Crippen molar-refractivity contribution in [3.05, 3.63) is 33.7 Å². The number of nitrogens with zero attached hydrogens (tertiary/aromatic N) is 1. The zero-order chi connectivity index (χ0) is 9.26. The first-order valence-corrected chi connectivity index (χ1v) is 4.75. The predicted octanol–water partition coefficient (Wildman–Crippen LogP) is 0.514. The molecule has 0 atom stereocenters. The molecule has 3 heteroatoms. The second-order valence-corrected chi connectivity index (χ2v) is 3.31. The fourth-order valence-electron chi connectivity index (χ4n) is 1.90. The van der Waals surface area contributed by atoms with E-state index in [0.29, 0.717) is 0 Å². The molecule has 1 aromatic rings. The van der Waals surface area contributed by atoms with Crippen molar-refractivity contribution in [1.82, 2.24) is 9.88 Å². The predicted molar refractivity (Wildman–Crippen MR) is 51.8 cm³/mol. The van der Waals surface area contributed by atoms with E-state index in [2.05, 4.69) is 5.32 Å². The van der Waals surface area contributed by atoms with Crippen molar-refractivity contribution < 1.29 is 0 Å². The summed E-state index contributed by atoms with van der Waals surface area (Å²) in [7, 11) is 0. The Morgan fingerprint density at radius 2 is 2.38 bits per heavy atom. The van der Waals surface area contributed by atoms with Crippen LogP contribution in [0, 0.1) is 0 Å². The van der Waals surface area contributed by atoms with Crippen molar-refractivity contribution in [2.45, 2.75) is 26.4 Å². The minimum atomic E-state index is 0.128. The minimum absolute atomic E-state index is 0.128. The lowest BCUT2D eigenvalue weighted by Gasteiger charge is -2.20. The third-order valence-electron chi connectivity index (χ3n) is 2.56. The van der Waals surface area contributed by atoms with Crippen LogP contribution >= 0.6 is 0 Å². The van der Waals surface area contributed by atoms with Gasteiger partial charge in [0.05, 0.1) is 0 Å². The average molecular weight is 178 g/mol. The molecule has 0 aliphatic carbocycles. The molecule has 0 saturated carbocycles. The molecule has 0 radical (unpaired) electrons. The first-order chi connectivity index (χ1) is 6.33. The quantitative estimate of drug-likeness (QED) is 0.680. The van der Waals surface area contributed by atoms with E-state index in [1.165, 1.54) is 11.3 Å². The Morgan fingerprint density at radius 3 is 3.15 bits per heavy atom. The Bertz CT molecular complexity index is 368. The second kappa shape index (κ2) is 3.34. The molecular weight excluding hydrogens is 164 g/mol. The summed E-state index contributed by atoms with van der Waals surface area (Å²) in [6.45, 7) is 4.68. The first kappa shape index (κ1) is 8.51. The van der Waals surface area contributed by atoms with Crippen LogP contribution in [-0.4, -0.2) is 11.1 Å². The third kappa shape index (κ3) is 1.40. The Labute approximate surface area is 77.4 Å². The van der Waals surface area contributed by atoms with Gasteiger partial charge in [0.25, 0.3) is 5.56 Å². The molecule has 0 fully saturated rings. The minimum Gasteiger partial charge on any atom is -0.313 e. The highest BCUT2D eigenvalue weighted by molar-refractivity contribution is 5.23. The molecule has 0 spiro atoms. The van der Waals surface area contributed by atoms with E-state index in [0.717, 1.165) is 26.1 Å². The summed E-state index contributed by atoms with van der Waals surface area (Å²) in [5, 5.41) is 3.30. The van der Waals surface area contributed by atoms with Gasteiger partial charge in [0.2, 0.25) is 0 Å². The molecule has 0 unspecified atom stereocenters. The number of hydrogen-bond acceptors (Lipinski definition) is 2. The van der Waals surface area contributed by atoms with Gasteiger partial charge in [-0.25, -0.2) is 0 Å². The third-order valence-corrected chi connectivity index (χ3v) is 2.56. The van der Waals surface area contributed by atoms with Gasteiger partial charge in [-0.15, -0.1) is 0 Å². The molecule has 1 aliphatic rings. The monoisotopic (exact) mass is 178 g/mol. The molecule has 2 rings (SSSR count). The van der Waals surface area contributed by atoms with E-state index in [-0.39, 0.29) is 5.56 Å². The molecule has 0 amide bonds. The Kier molecular flexibility index (Phi) is 2.19. The second-order valence-electron chi connectivity index (χ2n) is 3.31. The standard InChI is InChI=1S/C10H14N2O/c1-2-12-9-5-6-11-7-8(9)3-4-10(12)13/h3-4,11H,2,5-7H2,1H3. The van der Waals surface area contributed by atoms with Crippen LogP contribution in [0.5, 0.6) is 0 Å². The van der Waals surface area contributed by atoms with E-state index in [9.17, 15) is 4.79 Å². The van der Waals surface area contributed by atoms with Gasteiger partial charge in [0, 0.05) is 37.8 Å². The fourth-order valence-corrected chi connectivity index (χ4v) is 1.90. The molecule has 2 heterocycles. The van der Waals surface area contributed by atoms with Crippen LogP contribution in [0.2, 0.25) is 0 Å². The van der Waals surface area contributed by atoms with E-state index in [1.807, 2.05) is 17.6 Å². The maximum absolute atomic E-state index is 11.5. The molecule has 3 nitrogen and oxygen atoms in total. The van der Waals surface area contributed by atoms with Crippen molar-refractivity contribution in [2.75, 3.05) is 6.54 Å². The number of hydrogen-bond donors (Lipinski definition) is 1. The first-order valence-electron chi connectivity index (χ1n) is 4.75. The Morgan fingerprint density at radius 1 is 1.54 bits per heavy atom. The van der Waals surface area contributed by atoms with Crippen molar-refractivity contribution in [1.29, 1.82) is 0 Å². The van der Waals surface area contributed by atoms with Crippen LogP contribution < -0.4 is 10.9 Å². The zero-order valence-corrected chi connectivity index (χ0v) is 7.84. The topological polar surface area (TPSA) is 34.0 Å². The molecule has 13 heavy (non-hydrogen) atoms. The van der Waals surface area contributed by atoms with Gasteiger partial charge >= 0.3 is 0 Å². The van der Waals surface area contributed by atoms with Crippen LogP contribution in [0.25, 0.3) is 0 Å². The van der Waals surface area contributed by atoms with Crippen LogP contribution in [0.1, 0.15) is 18.2 Å². The van der Waals surface area contributed by atoms with E-state index >= 15 is 0 Å². The van der Waals surface area contributed by atoms with Crippen molar-refractivity contribution in [3.8, 4) is 0 Å². The highest BCUT2D eigenvalue weighted by atomic mass is 16.1. The molecule has 0 bridgehead atoms. The van der Waals surface area contributed by atoms with Gasteiger partial charge in [-0.3, -0.25) is 4.79 Å². The molecule has 70 valence electrons. The number of nitrogens with one attached hydrogen (secondary N) is 1. The van der Waals surface area contributed by atoms with Crippen molar-refractivity contribution >= 4 is 0 Å². The van der Waals surface area contributed by atoms with Crippen LogP contribution in [0.15, 0.2) is 16.9 Å². The normalized spacial score (nSPS) is 15.5. The summed E-state index contributed by atoms with van der Waals surface area (Å²) in [4.78, 5) is 11.5. The fraction of sp³-hybridized carbons (Fsp3) is 0.500. The van der Waals surface area contributed by atoms with Gasteiger partial charge < -0.3 is 9.88 Å². The molecular formula is C10H14N2O. The van der Waals surface area contributed by atoms with Gasteiger partial charge in [-0.05, 0) is 12.5 Å². The largest absolute Gasteiger partial charge is 0.313 e. The number of aromatic nitrogens is 1. The van der Waals surface area contributed by atoms with Gasteiger partial charge in [0.15, 0.2) is 0 Å². The molecule has 1 N–H and O–H groups in total. The molecule has 0 saturated heterocycles.